The number of nitrogens with one attached hydrogen (secondary N) is 1. The topological polar surface area (TPSA) is 50.1 Å². The number of aliphatic hydroxyl groups excluding tert-OH is 1. The Morgan fingerprint density at radius 1 is 1.57 bits per heavy atom. The number of aromatic nitrogens is 2. The van der Waals surface area contributed by atoms with Crippen molar-refractivity contribution in [2.45, 2.75) is 32.4 Å². The second-order valence-corrected chi connectivity index (χ2v) is 3.88. The smallest absolute Gasteiger partial charge is 0.0946 e. The Kier molecular flexibility index (Phi) is 4.10. The maximum atomic E-state index is 9.31. The molecule has 80 valence electrons. The normalized spacial score (nSPS) is 15.4. The molecular weight excluding hydrogens is 178 g/mol. The molecule has 0 aliphatic heterocycles. The predicted octanol–water partition coefficient (Wildman–Crippen LogP) is 0.634. The van der Waals surface area contributed by atoms with E-state index in [1.54, 1.807) is 12.5 Å². The fourth-order valence-electron chi connectivity index (χ4n) is 1.37. The number of rotatable bonds is 6. The van der Waals surface area contributed by atoms with Gasteiger partial charge >= 0.3 is 0 Å². The Labute approximate surface area is 85.0 Å². The monoisotopic (exact) mass is 197 g/mol. The van der Waals surface area contributed by atoms with Crippen LogP contribution in [0.3, 0.4) is 0 Å². The molecule has 0 bridgehead atoms. The average molecular weight is 197 g/mol. The Balaban J connectivity index is 2.52. The zero-order valence-corrected chi connectivity index (χ0v) is 8.90. The average Bonchev–Trinajstić information content (AvgIpc) is 2.67. The van der Waals surface area contributed by atoms with Gasteiger partial charge in [0.05, 0.1) is 18.5 Å². The van der Waals surface area contributed by atoms with E-state index in [0.717, 1.165) is 19.5 Å². The summed E-state index contributed by atoms with van der Waals surface area (Å²) in [5.74, 6) is 0. The van der Waals surface area contributed by atoms with Crippen molar-refractivity contribution in [1.82, 2.24) is 14.9 Å². The molecule has 0 fully saturated rings. The summed E-state index contributed by atoms with van der Waals surface area (Å²) in [6, 6.07) is 0. The molecule has 0 saturated carbocycles. The molecule has 4 heteroatoms. The first-order chi connectivity index (χ1) is 6.70. The lowest BCUT2D eigenvalue weighted by Crippen LogP contribution is -2.49. The van der Waals surface area contributed by atoms with E-state index in [9.17, 15) is 5.11 Å². The Morgan fingerprint density at radius 2 is 2.36 bits per heavy atom. The highest BCUT2D eigenvalue weighted by atomic mass is 16.3. The molecule has 1 aromatic rings. The van der Waals surface area contributed by atoms with Crippen LogP contribution in [-0.4, -0.2) is 33.3 Å². The quantitative estimate of drug-likeness (QED) is 0.703. The summed E-state index contributed by atoms with van der Waals surface area (Å²) in [5, 5.41) is 12.6. The minimum Gasteiger partial charge on any atom is -0.394 e. The third-order valence-electron chi connectivity index (χ3n) is 2.24. The van der Waals surface area contributed by atoms with Gasteiger partial charge in [-0.3, -0.25) is 0 Å². The largest absolute Gasteiger partial charge is 0.394 e. The number of nitrogens with zero attached hydrogens (tertiary/aromatic N) is 2. The van der Waals surface area contributed by atoms with Gasteiger partial charge in [-0.15, -0.1) is 0 Å². The summed E-state index contributed by atoms with van der Waals surface area (Å²) < 4.78 is 1.97. The van der Waals surface area contributed by atoms with E-state index in [1.165, 1.54) is 0 Å². The second kappa shape index (κ2) is 5.12. The molecule has 2 N–H and O–H groups in total. The predicted molar refractivity (Wildman–Crippen MR) is 56.0 cm³/mol. The molecule has 4 nitrogen and oxygen atoms in total. The van der Waals surface area contributed by atoms with Crippen LogP contribution < -0.4 is 5.32 Å². The van der Waals surface area contributed by atoms with Gasteiger partial charge in [0.2, 0.25) is 0 Å². The van der Waals surface area contributed by atoms with E-state index < -0.39 is 0 Å². The molecule has 0 aliphatic rings. The molecule has 1 aromatic heterocycles. The molecule has 0 aliphatic carbocycles. The second-order valence-electron chi connectivity index (χ2n) is 3.88. The third-order valence-corrected chi connectivity index (χ3v) is 2.24. The number of hydrogen-bond acceptors (Lipinski definition) is 3. The minimum atomic E-state index is -0.253. The SMILES string of the molecule is CCCNC(C)(CO)Cn1ccnc1. The van der Waals surface area contributed by atoms with Gasteiger partial charge in [0.1, 0.15) is 0 Å². The molecule has 1 unspecified atom stereocenters. The van der Waals surface area contributed by atoms with Gasteiger partial charge in [0.15, 0.2) is 0 Å². The zero-order chi connectivity index (χ0) is 10.4. The first kappa shape index (κ1) is 11.2. The molecule has 1 rings (SSSR count). The van der Waals surface area contributed by atoms with Gasteiger partial charge < -0.3 is 15.0 Å². The first-order valence-electron chi connectivity index (χ1n) is 5.02. The van der Waals surface area contributed by atoms with Gasteiger partial charge in [-0.2, -0.15) is 0 Å². The lowest BCUT2D eigenvalue weighted by molar-refractivity contribution is 0.157. The van der Waals surface area contributed by atoms with E-state index in [4.69, 9.17) is 0 Å². The summed E-state index contributed by atoms with van der Waals surface area (Å²) in [7, 11) is 0. The molecule has 1 atom stereocenters. The van der Waals surface area contributed by atoms with Crippen molar-refractivity contribution in [2.24, 2.45) is 0 Å². The molecule has 14 heavy (non-hydrogen) atoms. The summed E-state index contributed by atoms with van der Waals surface area (Å²) in [4.78, 5) is 3.97. The lowest BCUT2D eigenvalue weighted by Gasteiger charge is -2.29. The standard InChI is InChI=1S/C10H19N3O/c1-3-4-12-10(2,8-14)7-13-6-5-11-9-13/h5-6,9,12,14H,3-4,7-8H2,1-2H3. The van der Waals surface area contributed by atoms with Gasteiger partial charge in [0.25, 0.3) is 0 Å². The Hall–Kier alpha value is -0.870. The van der Waals surface area contributed by atoms with Crippen LogP contribution in [0.4, 0.5) is 0 Å². The van der Waals surface area contributed by atoms with E-state index in [-0.39, 0.29) is 12.1 Å². The molecular formula is C10H19N3O. The summed E-state index contributed by atoms with van der Waals surface area (Å²) >= 11 is 0. The Morgan fingerprint density at radius 3 is 2.86 bits per heavy atom. The van der Waals surface area contributed by atoms with Crippen LogP contribution in [0.5, 0.6) is 0 Å². The van der Waals surface area contributed by atoms with Crippen molar-refractivity contribution in [3.63, 3.8) is 0 Å². The van der Waals surface area contributed by atoms with E-state index in [1.807, 2.05) is 17.7 Å². The molecule has 0 spiro atoms. The van der Waals surface area contributed by atoms with Crippen LogP contribution in [0.1, 0.15) is 20.3 Å². The number of hydrogen-bond donors (Lipinski definition) is 2. The lowest BCUT2D eigenvalue weighted by atomic mass is 10.0. The highest BCUT2D eigenvalue weighted by Gasteiger charge is 2.22. The molecule has 0 aromatic carbocycles. The maximum absolute atomic E-state index is 9.31. The van der Waals surface area contributed by atoms with E-state index in [0.29, 0.717) is 0 Å². The van der Waals surface area contributed by atoms with Crippen molar-refractivity contribution < 1.29 is 5.11 Å². The fraction of sp³-hybridized carbons (Fsp3) is 0.700. The van der Waals surface area contributed by atoms with Crippen molar-refractivity contribution in [1.29, 1.82) is 0 Å². The van der Waals surface area contributed by atoms with E-state index in [2.05, 4.69) is 17.2 Å². The van der Waals surface area contributed by atoms with E-state index >= 15 is 0 Å². The summed E-state index contributed by atoms with van der Waals surface area (Å²) in [6.45, 7) is 5.92. The van der Waals surface area contributed by atoms with Gasteiger partial charge in [-0.1, -0.05) is 6.92 Å². The van der Waals surface area contributed by atoms with Crippen LogP contribution in [0.2, 0.25) is 0 Å². The van der Waals surface area contributed by atoms with Gasteiger partial charge in [-0.25, -0.2) is 4.98 Å². The molecule has 0 saturated heterocycles. The third kappa shape index (κ3) is 3.12. The van der Waals surface area contributed by atoms with Crippen LogP contribution >= 0.6 is 0 Å². The van der Waals surface area contributed by atoms with Crippen LogP contribution in [0.25, 0.3) is 0 Å². The van der Waals surface area contributed by atoms with Crippen molar-refractivity contribution in [3.05, 3.63) is 18.7 Å². The van der Waals surface area contributed by atoms with Crippen LogP contribution in [-0.2, 0) is 6.54 Å². The fourth-order valence-corrected chi connectivity index (χ4v) is 1.37. The zero-order valence-electron chi connectivity index (χ0n) is 8.90. The van der Waals surface area contributed by atoms with Crippen LogP contribution in [0.15, 0.2) is 18.7 Å². The summed E-state index contributed by atoms with van der Waals surface area (Å²) in [6.07, 6.45) is 6.49. The van der Waals surface area contributed by atoms with Crippen molar-refractivity contribution >= 4 is 0 Å². The van der Waals surface area contributed by atoms with Crippen molar-refractivity contribution in [3.8, 4) is 0 Å². The first-order valence-corrected chi connectivity index (χ1v) is 5.02. The van der Waals surface area contributed by atoms with Gasteiger partial charge in [0, 0.05) is 18.9 Å². The van der Waals surface area contributed by atoms with Crippen molar-refractivity contribution in [2.75, 3.05) is 13.2 Å². The van der Waals surface area contributed by atoms with Crippen LogP contribution in [0, 0.1) is 0 Å². The Bertz CT molecular complexity index is 248. The number of aliphatic hydroxyl groups is 1. The molecule has 0 radical (unpaired) electrons. The highest BCUT2D eigenvalue weighted by molar-refractivity contribution is 4.86. The number of imidazole rings is 1. The summed E-state index contributed by atoms with van der Waals surface area (Å²) in [5.41, 5.74) is -0.253. The maximum Gasteiger partial charge on any atom is 0.0946 e. The van der Waals surface area contributed by atoms with Gasteiger partial charge in [-0.05, 0) is 19.9 Å². The highest BCUT2D eigenvalue weighted by Crippen LogP contribution is 2.06. The molecule has 0 amide bonds. The molecule has 1 heterocycles. The minimum absolute atomic E-state index is 0.130.